The van der Waals surface area contributed by atoms with Crippen molar-refractivity contribution in [3.05, 3.63) is 0 Å². The van der Waals surface area contributed by atoms with Crippen LogP contribution < -0.4 is 5.32 Å². The Morgan fingerprint density at radius 2 is 2.45 bits per heavy atom. The van der Waals surface area contributed by atoms with Crippen molar-refractivity contribution in [1.82, 2.24) is 5.32 Å². The highest BCUT2D eigenvalue weighted by atomic mass is 19.3. The van der Waals surface area contributed by atoms with E-state index in [1.54, 1.807) is 0 Å². The number of carbonyl (C=O) groups excluding carboxylic acids is 1. The Morgan fingerprint density at radius 1 is 1.82 bits per heavy atom. The molecule has 0 saturated carbocycles. The van der Waals surface area contributed by atoms with Gasteiger partial charge in [-0.15, -0.1) is 0 Å². The van der Waals surface area contributed by atoms with E-state index in [1.165, 1.54) is 0 Å². The second-order valence-corrected chi connectivity index (χ2v) is 2.68. The van der Waals surface area contributed by atoms with Gasteiger partial charge in [-0.2, -0.15) is 0 Å². The van der Waals surface area contributed by atoms with Crippen LogP contribution >= 0.6 is 0 Å². The summed E-state index contributed by atoms with van der Waals surface area (Å²) in [5, 5.41) is 2.30. The number of ether oxygens (including phenoxy) is 1. The summed E-state index contributed by atoms with van der Waals surface area (Å²) in [5.74, 6) is -2.77. The summed E-state index contributed by atoms with van der Waals surface area (Å²) in [6, 6.07) is 0. The van der Waals surface area contributed by atoms with Crippen LogP contribution in [0.3, 0.4) is 0 Å². The zero-order valence-electron chi connectivity index (χ0n) is 6.06. The van der Waals surface area contributed by atoms with E-state index in [4.69, 9.17) is 0 Å². The number of alkyl halides is 2. The highest BCUT2D eigenvalue weighted by molar-refractivity contribution is 5.69. The van der Waals surface area contributed by atoms with E-state index in [-0.39, 0.29) is 6.54 Å². The molecule has 5 heteroatoms. The molecule has 1 rings (SSSR count). The molecule has 0 aromatic heterocycles. The molecule has 1 aliphatic rings. The first-order valence-electron chi connectivity index (χ1n) is 3.30. The van der Waals surface area contributed by atoms with Gasteiger partial charge in [0, 0.05) is 6.42 Å². The van der Waals surface area contributed by atoms with Gasteiger partial charge >= 0.3 is 6.09 Å². The van der Waals surface area contributed by atoms with Crippen molar-refractivity contribution >= 4 is 6.09 Å². The molecule has 1 aliphatic heterocycles. The number of amides is 1. The number of hydrogen-bond donors (Lipinski definition) is 1. The van der Waals surface area contributed by atoms with E-state index in [9.17, 15) is 13.6 Å². The lowest BCUT2D eigenvalue weighted by Crippen LogP contribution is -2.23. The molecule has 1 N–H and O–H groups in total. The Hall–Kier alpha value is -0.870. The van der Waals surface area contributed by atoms with Crippen LogP contribution in [0.5, 0.6) is 0 Å². The molecule has 11 heavy (non-hydrogen) atoms. The molecule has 1 saturated heterocycles. The summed E-state index contributed by atoms with van der Waals surface area (Å²) >= 11 is 0. The van der Waals surface area contributed by atoms with Crippen LogP contribution in [0.15, 0.2) is 0 Å². The molecule has 64 valence electrons. The summed E-state index contributed by atoms with van der Waals surface area (Å²) in [7, 11) is 0. The van der Waals surface area contributed by atoms with E-state index < -0.39 is 24.5 Å². The van der Waals surface area contributed by atoms with Gasteiger partial charge in [0.05, 0.1) is 6.54 Å². The molecule has 0 bridgehead atoms. The zero-order valence-corrected chi connectivity index (χ0v) is 6.06. The Bertz CT molecular complexity index is 166. The Labute approximate surface area is 62.7 Å². The van der Waals surface area contributed by atoms with Crippen molar-refractivity contribution in [3.8, 4) is 0 Å². The second-order valence-electron chi connectivity index (χ2n) is 2.68. The smallest absolute Gasteiger partial charge is 0.407 e. The van der Waals surface area contributed by atoms with Gasteiger partial charge in [0.25, 0.3) is 0 Å². The van der Waals surface area contributed by atoms with Gasteiger partial charge in [-0.25, -0.2) is 13.6 Å². The van der Waals surface area contributed by atoms with Gasteiger partial charge in [0.15, 0.2) is 0 Å². The molecule has 1 heterocycles. The van der Waals surface area contributed by atoms with Crippen LogP contribution in [0.25, 0.3) is 0 Å². The van der Waals surface area contributed by atoms with Crippen molar-refractivity contribution in [2.75, 3.05) is 6.54 Å². The molecule has 0 spiro atoms. The number of carbonyl (C=O) groups is 1. The molecule has 0 aromatic carbocycles. The average molecular weight is 165 g/mol. The first-order valence-corrected chi connectivity index (χ1v) is 3.30. The fraction of sp³-hybridized carbons (Fsp3) is 0.833. The predicted molar refractivity (Wildman–Crippen MR) is 33.5 cm³/mol. The highest BCUT2D eigenvalue weighted by Gasteiger charge is 2.32. The number of halogens is 2. The van der Waals surface area contributed by atoms with Crippen molar-refractivity contribution in [1.29, 1.82) is 0 Å². The zero-order chi connectivity index (χ0) is 8.48. The molecule has 1 atom stereocenters. The topological polar surface area (TPSA) is 38.3 Å². The van der Waals surface area contributed by atoms with Gasteiger partial charge < -0.3 is 10.1 Å². The molecule has 0 aromatic rings. The monoisotopic (exact) mass is 165 g/mol. The fourth-order valence-corrected chi connectivity index (χ4v) is 0.945. The van der Waals surface area contributed by atoms with Crippen molar-refractivity contribution < 1.29 is 18.3 Å². The molecule has 3 nitrogen and oxygen atoms in total. The maximum atomic E-state index is 12.3. The molecular formula is C6H9F2NO2. The van der Waals surface area contributed by atoms with E-state index >= 15 is 0 Å². The van der Waals surface area contributed by atoms with Gasteiger partial charge in [-0.1, -0.05) is 0 Å². The standard InChI is InChI=1S/C6H9F2NO2/c1-6(7,8)2-4-3-9-5(10)11-4/h4H,2-3H2,1H3,(H,9,10). The third kappa shape index (κ3) is 2.69. The van der Waals surface area contributed by atoms with Gasteiger partial charge in [0.2, 0.25) is 5.92 Å². The van der Waals surface area contributed by atoms with Crippen LogP contribution in [0.2, 0.25) is 0 Å². The number of cyclic esters (lactones) is 1. The minimum Gasteiger partial charge on any atom is -0.444 e. The van der Waals surface area contributed by atoms with E-state index in [0.717, 1.165) is 6.92 Å². The lowest BCUT2D eigenvalue weighted by Gasteiger charge is -2.13. The van der Waals surface area contributed by atoms with E-state index in [1.807, 2.05) is 0 Å². The number of nitrogens with one attached hydrogen (secondary N) is 1. The average Bonchev–Trinajstić information content (AvgIpc) is 2.10. The summed E-state index contributed by atoms with van der Waals surface area (Å²) in [6.07, 6.45) is -1.70. The highest BCUT2D eigenvalue weighted by Crippen LogP contribution is 2.21. The van der Waals surface area contributed by atoms with Crippen LogP contribution in [0.1, 0.15) is 13.3 Å². The minimum absolute atomic E-state index is 0.183. The summed E-state index contributed by atoms with van der Waals surface area (Å²) in [4.78, 5) is 10.4. The number of alkyl carbamates (subject to hydrolysis) is 1. The van der Waals surface area contributed by atoms with Crippen molar-refractivity contribution in [3.63, 3.8) is 0 Å². The van der Waals surface area contributed by atoms with Crippen molar-refractivity contribution in [2.24, 2.45) is 0 Å². The maximum Gasteiger partial charge on any atom is 0.407 e. The Balaban J connectivity index is 2.34. The van der Waals surface area contributed by atoms with E-state index in [0.29, 0.717) is 0 Å². The summed E-state index contributed by atoms with van der Waals surface area (Å²) in [5.41, 5.74) is 0. The predicted octanol–water partition coefficient (Wildman–Crippen LogP) is 1.14. The SMILES string of the molecule is CC(F)(F)CC1CNC(=O)O1. The molecule has 0 aliphatic carbocycles. The molecular weight excluding hydrogens is 156 g/mol. The largest absolute Gasteiger partial charge is 0.444 e. The lowest BCUT2D eigenvalue weighted by atomic mass is 10.2. The molecule has 1 unspecified atom stereocenters. The minimum atomic E-state index is -2.77. The fourth-order valence-electron chi connectivity index (χ4n) is 0.945. The Morgan fingerprint density at radius 3 is 2.82 bits per heavy atom. The van der Waals surface area contributed by atoms with Gasteiger partial charge in [-0.3, -0.25) is 0 Å². The molecule has 1 fully saturated rings. The summed E-state index contributed by atoms with van der Waals surface area (Å²) in [6.45, 7) is 0.988. The third-order valence-electron chi connectivity index (χ3n) is 1.33. The number of hydrogen-bond acceptors (Lipinski definition) is 2. The maximum absolute atomic E-state index is 12.3. The van der Waals surface area contributed by atoms with Crippen molar-refractivity contribution in [2.45, 2.75) is 25.4 Å². The van der Waals surface area contributed by atoms with Gasteiger partial charge in [-0.05, 0) is 6.92 Å². The lowest BCUT2D eigenvalue weighted by molar-refractivity contribution is -0.0206. The summed E-state index contributed by atoms with van der Waals surface area (Å²) < 4.78 is 29.1. The van der Waals surface area contributed by atoms with Crippen LogP contribution in [0, 0.1) is 0 Å². The third-order valence-corrected chi connectivity index (χ3v) is 1.33. The normalized spacial score (nSPS) is 24.6. The second kappa shape index (κ2) is 2.64. The van der Waals surface area contributed by atoms with Crippen LogP contribution in [0.4, 0.5) is 13.6 Å². The van der Waals surface area contributed by atoms with Crippen LogP contribution in [-0.4, -0.2) is 24.7 Å². The van der Waals surface area contributed by atoms with Crippen LogP contribution in [-0.2, 0) is 4.74 Å². The quantitative estimate of drug-likeness (QED) is 0.666. The number of rotatable bonds is 2. The molecule has 0 radical (unpaired) electrons. The first kappa shape index (κ1) is 8.23. The van der Waals surface area contributed by atoms with E-state index in [2.05, 4.69) is 10.1 Å². The van der Waals surface area contributed by atoms with Gasteiger partial charge in [0.1, 0.15) is 6.10 Å². The Kier molecular flexibility index (Phi) is 1.97. The first-order chi connectivity index (χ1) is 4.97. The molecule has 1 amide bonds.